The number of ether oxygens (including phenoxy) is 3. The molecule has 25 heteroatoms. The SMILES string of the molecule is COCCc1ncnc2c1ncn2[C@@H]1O[C@H](COP(=O)(O)O[C@@H]2[C@H](O)[C@@H](CO[P+](=O)O)O[C@H]2n2cnc3c(=O)[nH]c(N)nc32)[C@@H](O)[C@H]1O. The number of aliphatic hydroxyl groups is 3. The molecule has 2 saturated heterocycles. The first-order valence-electron chi connectivity index (χ1n) is 14.1. The summed E-state index contributed by atoms with van der Waals surface area (Å²) in [4.78, 5) is 55.0. The largest absolute Gasteiger partial charge is 0.694 e. The molecule has 6 heterocycles. The smallest absolute Gasteiger partial charge is 0.387 e. The highest BCUT2D eigenvalue weighted by Gasteiger charge is 2.51. The molecule has 2 aliphatic heterocycles. The van der Waals surface area contributed by atoms with Crippen molar-refractivity contribution in [1.29, 1.82) is 0 Å². The van der Waals surface area contributed by atoms with Crippen LogP contribution < -0.4 is 11.3 Å². The van der Waals surface area contributed by atoms with Crippen molar-refractivity contribution in [3.8, 4) is 0 Å². The van der Waals surface area contributed by atoms with E-state index in [0.29, 0.717) is 29.9 Å². The monoisotopic (exact) mass is 718 g/mol. The Labute approximate surface area is 268 Å². The van der Waals surface area contributed by atoms with Gasteiger partial charge in [-0.1, -0.05) is 0 Å². The van der Waals surface area contributed by atoms with Crippen LogP contribution in [0, 0.1) is 0 Å². The van der Waals surface area contributed by atoms with Gasteiger partial charge >= 0.3 is 16.1 Å². The minimum atomic E-state index is -5.16. The summed E-state index contributed by atoms with van der Waals surface area (Å²) in [6, 6.07) is 0. The van der Waals surface area contributed by atoms with Crippen molar-refractivity contribution in [1.82, 2.24) is 39.0 Å². The fourth-order valence-electron chi connectivity index (χ4n) is 5.38. The molecule has 0 spiro atoms. The summed E-state index contributed by atoms with van der Waals surface area (Å²) in [5, 5.41) is 32.5. The molecule has 6 rings (SSSR count). The predicted octanol–water partition coefficient (Wildman–Crippen LogP) is -2.22. The van der Waals surface area contributed by atoms with E-state index in [-0.39, 0.29) is 17.1 Å². The first-order valence-corrected chi connectivity index (χ1v) is 16.7. The molecule has 0 saturated carbocycles. The van der Waals surface area contributed by atoms with E-state index in [1.165, 1.54) is 24.3 Å². The van der Waals surface area contributed by atoms with Crippen LogP contribution in [0.15, 0.2) is 23.8 Å². The van der Waals surface area contributed by atoms with Crippen LogP contribution in [-0.2, 0) is 43.3 Å². The summed E-state index contributed by atoms with van der Waals surface area (Å²) in [6.07, 6.45) is -8.01. The molecule has 260 valence electrons. The molecular weight excluding hydrogens is 688 g/mol. The molecule has 10 atom stereocenters. The lowest BCUT2D eigenvalue weighted by atomic mass is 10.1. The number of hydrogen-bond acceptors (Lipinski definition) is 18. The Morgan fingerprint density at radius 1 is 1.00 bits per heavy atom. The quantitative estimate of drug-likeness (QED) is 0.0720. The molecule has 4 aromatic rings. The summed E-state index contributed by atoms with van der Waals surface area (Å²) in [5.41, 5.74) is 5.91. The molecule has 0 amide bonds. The Bertz CT molecular complexity index is 1910. The number of methoxy groups -OCH3 is 1. The van der Waals surface area contributed by atoms with Crippen molar-refractivity contribution in [3.63, 3.8) is 0 Å². The summed E-state index contributed by atoms with van der Waals surface area (Å²) in [5.74, 6) is -0.295. The van der Waals surface area contributed by atoms with Crippen LogP contribution in [0.3, 0.4) is 0 Å². The number of aliphatic hydroxyl groups excluding tert-OH is 3. The van der Waals surface area contributed by atoms with E-state index in [0.717, 1.165) is 10.9 Å². The lowest BCUT2D eigenvalue weighted by molar-refractivity contribution is -0.0609. The van der Waals surface area contributed by atoms with E-state index in [9.17, 15) is 34.1 Å². The summed E-state index contributed by atoms with van der Waals surface area (Å²) in [7, 11) is -6.72. The van der Waals surface area contributed by atoms with Crippen LogP contribution in [0.5, 0.6) is 0 Å². The van der Waals surface area contributed by atoms with Crippen LogP contribution >= 0.6 is 16.1 Å². The lowest BCUT2D eigenvalue weighted by Gasteiger charge is -2.24. The van der Waals surface area contributed by atoms with Crippen LogP contribution in [-0.4, -0.2) is 128 Å². The van der Waals surface area contributed by atoms with Gasteiger partial charge < -0.3 is 40.2 Å². The molecule has 8 N–H and O–H groups in total. The highest BCUT2D eigenvalue weighted by Crippen LogP contribution is 2.50. The molecule has 2 unspecified atom stereocenters. The van der Waals surface area contributed by atoms with Gasteiger partial charge in [0.15, 0.2) is 29.3 Å². The van der Waals surface area contributed by atoms with E-state index in [2.05, 4.69) is 34.4 Å². The highest BCUT2D eigenvalue weighted by atomic mass is 31.2. The zero-order valence-electron chi connectivity index (χ0n) is 24.7. The highest BCUT2D eigenvalue weighted by molar-refractivity contribution is 7.47. The second-order valence-electron chi connectivity index (χ2n) is 10.6. The van der Waals surface area contributed by atoms with Crippen molar-refractivity contribution >= 4 is 44.4 Å². The number of aromatic nitrogens is 8. The van der Waals surface area contributed by atoms with Crippen molar-refractivity contribution in [3.05, 3.63) is 35.0 Å². The molecule has 0 aromatic carbocycles. The normalized spacial score (nSPS) is 29.2. The Balaban J connectivity index is 1.18. The number of aromatic amines is 1. The number of fused-ring (bicyclic) bond motifs is 2. The number of hydrogen-bond donors (Lipinski definition) is 7. The van der Waals surface area contributed by atoms with Crippen LogP contribution in [0.4, 0.5) is 5.95 Å². The molecule has 48 heavy (non-hydrogen) atoms. The summed E-state index contributed by atoms with van der Waals surface area (Å²) in [6.45, 7) is -1.06. The number of nitrogen functional groups attached to an aromatic ring is 1. The Morgan fingerprint density at radius 3 is 2.42 bits per heavy atom. The molecule has 0 bridgehead atoms. The van der Waals surface area contributed by atoms with Gasteiger partial charge in [0.05, 0.1) is 31.6 Å². The first kappa shape index (κ1) is 34.5. The van der Waals surface area contributed by atoms with Crippen molar-refractivity contribution < 1.29 is 62.0 Å². The molecular formula is C23H30N9O14P2+. The van der Waals surface area contributed by atoms with E-state index < -0.39 is 83.9 Å². The minimum Gasteiger partial charge on any atom is -0.387 e. The molecule has 2 aliphatic rings. The fraction of sp³-hybridized carbons (Fsp3) is 0.565. The van der Waals surface area contributed by atoms with Crippen LogP contribution in [0.25, 0.3) is 22.3 Å². The minimum absolute atomic E-state index is 0.142. The maximum absolute atomic E-state index is 13.2. The van der Waals surface area contributed by atoms with Crippen molar-refractivity contribution in [2.45, 2.75) is 55.5 Å². The molecule has 2 fully saturated rings. The van der Waals surface area contributed by atoms with Gasteiger partial charge in [-0.3, -0.25) is 28.0 Å². The molecule has 4 aromatic heterocycles. The van der Waals surface area contributed by atoms with Crippen LogP contribution in [0.2, 0.25) is 0 Å². The Morgan fingerprint density at radius 2 is 1.69 bits per heavy atom. The van der Waals surface area contributed by atoms with Gasteiger partial charge in [0.1, 0.15) is 55.1 Å². The third-order valence-electron chi connectivity index (χ3n) is 7.63. The summed E-state index contributed by atoms with van der Waals surface area (Å²) >= 11 is 0. The maximum atomic E-state index is 13.2. The van der Waals surface area contributed by atoms with Crippen LogP contribution in [0.1, 0.15) is 18.1 Å². The van der Waals surface area contributed by atoms with E-state index >= 15 is 0 Å². The molecule has 0 aliphatic carbocycles. The number of nitrogens with two attached hydrogens (primary N) is 1. The van der Waals surface area contributed by atoms with Gasteiger partial charge in [-0.2, -0.15) is 4.98 Å². The number of phosphoric acid groups is 1. The van der Waals surface area contributed by atoms with Gasteiger partial charge in [0.2, 0.25) is 5.95 Å². The zero-order chi connectivity index (χ0) is 34.3. The number of nitrogens with one attached hydrogen (secondary N) is 1. The third-order valence-corrected chi connectivity index (χ3v) is 8.99. The average Bonchev–Trinajstić information content (AvgIpc) is 3.79. The Kier molecular flexibility index (Phi) is 9.93. The average molecular weight is 718 g/mol. The van der Waals surface area contributed by atoms with Gasteiger partial charge in [-0.15, -0.1) is 9.42 Å². The van der Waals surface area contributed by atoms with Crippen molar-refractivity contribution in [2.24, 2.45) is 0 Å². The fourth-order valence-corrected chi connectivity index (χ4v) is 6.58. The van der Waals surface area contributed by atoms with E-state index in [1.807, 2.05) is 0 Å². The standard InChI is InChI=1S/C23H29N9O14P2/c1-41-3-2-9-12-18(26-6-25-9)31(7-27-12)21-16(35)14(33)11(44-21)5-43-48(39,40)46-17-15(34)10(4-42-47(37)38)45-22(17)32-8-28-13-19(32)29-23(24)30-20(13)36/h6-8,10-11,14-17,21-22,33-35H,2-5H2,1H3,(H4-,24,29,30,36,37,38,39,40)/p+1/t10-,11-,14-,15-,16-,17-,21-,22-/m1/s1. The number of anilines is 1. The Hall–Kier alpha value is -3.41. The molecule has 23 nitrogen and oxygen atoms in total. The number of H-pyrrole nitrogens is 1. The van der Waals surface area contributed by atoms with E-state index in [1.54, 1.807) is 0 Å². The number of imidazole rings is 2. The second kappa shape index (κ2) is 13.8. The number of phosphoric ester groups is 1. The van der Waals surface area contributed by atoms with Crippen molar-refractivity contribution in [2.75, 3.05) is 32.7 Å². The maximum Gasteiger partial charge on any atom is 0.694 e. The number of rotatable bonds is 13. The van der Waals surface area contributed by atoms with Gasteiger partial charge in [0.25, 0.3) is 5.56 Å². The van der Waals surface area contributed by atoms with Gasteiger partial charge in [-0.05, 0) is 0 Å². The third kappa shape index (κ3) is 6.73. The predicted molar refractivity (Wildman–Crippen MR) is 156 cm³/mol. The summed E-state index contributed by atoms with van der Waals surface area (Å²) < 4.78 is 58.5. The topological polar surface area (TPSA) is 324 Å². The lowest BCUT2D eigenvalue weighted by Crippen LogP contribution is -2.36. The van der Waals surface area contributed by atoms with E-state index in [4.69, 9.17) is 33.9 Å². The first-order chi connectivity index (χ1) is 22.9. The zero-order valence-corrected chi connectivity index (χ0v) is 26.5. The molecule has 0 radical (unpaired) electrons. The van der Waals surface area contributed by atoms with Gasteiger partial charge in [0, 0.05) is 18.1 Å². The number of nitrogens with zero attached hydrogens (tertiary/aromatic N) is 7. The van der Waals surface area contributed by atoms with Gasteiger partial charge in [-0.25, -0.2) is 24.5 Å². The second-order valence-corrected chi connectivity index (χ2v) is 12.8.